The topological polar surface area (TPSA) is 186 Å². The van der Waals surface area contributed by atoms with E-state index in [1.807, 2.05) is 458 Å². The fourth-order valence-electron chi connectivity index (χ4n) is 7.17. The third kappa shape index (κ3) is 80.4. The molecule has 0 aliphatic carbocycles. The molecule has 7 rings (SSSR count). The third-order valence-corrected chi connectivity index (χ3v) is 151. The Morgan fingerprint density at radius 3 is 1.02 bits per heavy atom. The minimum atomic E-state index is -4.47. The summed E-state index contributed by atoms with van der Waals surface area (Å²) >= 11 is 17.1. The normalized spacial score (nSPS) is 14.8. The third-order valence-electron chi connectivity index (χ3n) is 10.7. The van der Waals surface area contributed by atoms with Crippen LogP contribution in [0.2, 0.25) is 0 Å². The molecule has 2 saturated heterocycles. The highest BCUT2D eigenvalue weighted by atomic mass is 127. The summed E-state index contributed by atoms with van der Waals surface area (Å²) in [5, 5.41) is 30.8. The first-order chi connectivity index (χ1) is 61.6. The number of ether oxygens (including phenoxy) is 1. The van der Waals surface area contributed by atoms with E-state index >= 15 is 0 Å². The molecule has 4 aromatic rings. The Hall–Kier alpha value is 11.5. The molecule has 4 N–H and O–H groups in total. The van der Waals surface area contributed by atoms with Crippen molar-refractivity contribution in [3.63, 3.8) is 0 Å². The van der Waals surface area contributed by atoms with Crippen molar-refractivity contribution in [3.8, 4) is 0 Å². The summed E-state index contributed by atoms with van der Waals surface area (Å²) in [4.78, 5) is 10.4. The summed E-state index contributed by atoms with van der Waals surface area (Å²) in [7, 11) is 113. The van der Waals surface area contributed by atoms with Crippen LogP contribution in [0.15, 0.2) is 29.9 Å². The van der Waals surface area contributed by atoms with E-state index in [0.717, 1.165) is 12.1 Å². The summed E-state index contributed by atoms with van der Waals surface area (Å²) in [6, 6.07) is -1.13. The summed E-state index contributed by atoms with van der Waals surface area (Å²) in [5.41, 5.74) is 0.879. The van der Waals surface area contributed by atoms with Crippen LogP contribution in [0.5, 0.6) is 0 Å². The zero-order valence-corrected chi connectivity index (χ0v) is 118. The van der Waals surface area contributed by atoms with Crippen molar-refractivity contribution in [2.24, 2.45) is 14.1 Å². The van der Waals surface area contributed by atoms with E-state index in [4.69, 9.17) is 36.8 Å². The Kier molecular flexibility index (Phi) is 104. The van der Waals surface area contributed by atoms with Gasteiger partial charge in [-0.1, -0.05) is 37.5 Å². The Labute approximate surface area is 957 Å². The second-order valence-electron chi connectivity index (χ2n) is 18.3. The molecule has 3 aliphatic rings. The van der Waals surface area contributed by atoms with Gasteiger partial charge >= 0.3 is 12.4 Å². The zero-order valence-electron chi connectivity index (χ0n) is 59.6. The van der Waals surface area contributed by atoms with Gasteiger partial charge in [-0.3, -0.25) is 24.0 Å². The summed E-state index contributed by atoms with van der Waals surface area (Å²) < 4.78 is 164. The number of nitrogens with zero attached hydrogens (tertiary/aromatic N) is 6. The number of carbonyl (C=O) groups is 1. The highest BCUT2D eigenvalue weighted by Crippen LogP contribution is 2.51. The van der Waals surface area contributed by atoms with Crippen LogP contribution in [-0.4, -0.2) is 102 Å². The number of halogens is 11. The molecule has 0 radical (unpaired) electrons. The van der Waals surface area contributed by atoms with Crippen LogP contribution in [0.1, 0.15) is 89.8 Å². The van der Waals surface area contributed by atoms with Crippen molar-refractivity contribution in [1.29, 1.82) is 0 Å². The lowest BCUT2D eigenvalue weighted by atomic mass is 9.79. The highest BCUT2D eigenvalue weighted by molar-refractivity contribution is 14.1. The van der Waals surface area contributed by atoms with Crippen LogP contribution in [0.3, 0.4) is 0 Å². The number of hydrogen-bond donors (Lipinski definition) is 4. The Morgan fingerprint density at radius 1 is 0.500 bits per heavy atom. The molecule has 760 valence electrons. The molecule has 0 saturated carbocycles. The molecule has 3 aliphatic heterocycles. The number of fused-ring (bicyclic) bond motifs is 2. The number of carbonyl (C=O) groups excluding carboxylic acids is 1. The van der Waals surface area contributed by atoms with E-state index in [1.165, 1.54) is 32.5 Å². The maximum atomic E-state index is 13.6. The number of rotatable bonds is 6. The van der Waals surface area contributed by atoms with E-state index in [0.29, 0.717) is 62.7 Å². The Balaban J connectivity index is 0.00000203. The minimum absolute atomic E-state index is 0. The first-order valence-corrected chi connectivity index (χ1v) is 119. The number of aryl methyl sites for hydroxylation is 2. The van der Waals surface area contributed by atoms with E-state index in [9.17, 15) is 57.1 Å². The number of aliphatic hydroxyl groups excluding tert-OH is 1. The first kappa shape index (κ1) is 142. The van der Waals surface area contributed by atoms with Gasteiger partial charge in [0, 0.05) is 649 Å². The predicted octanol–water partition coefficient (Wildman–Crippen LogP) is 8.16. The molecular formula is C36H49F10IN8O6S69. The number of ketones is 1. The minimum Gasteiger partial charge on any atom is -0.396 e. The molecule has 5 unspecified atom stereocenters. The molecule has 94 heteroatoms. The molecular weight excluding hydrogens is 3170 g/mol. The number of aliphatic hydroxyl groups is 1. The van der Waals surface area contributed by atoms with Gasteiger partial charge in [0.25, 0.3) is 23.0 Å². The largest absolute Gasteiger partial charge is 0.425 e. The quantitative estimate of drug-likeness (QED) is 0.0476. The smallest absolute Gasteiger partial charge is 0.396 e. The molecule has 0 aromatic carbocycles. The molecule has 14 nitrogen and oxygen atoms in total. The summed E-state index contributed by atoms with van der Waals surface area (Å²) in [5.74, 6) is -0.167. The van der Waals surface area contributed by atoms with Crippen molar-refractivity contribution in [2.75, 3.05) is 19.5 Å². The van der Waals surface area contributed by atoms with Crippen LogP contribution in [0.4, 0.5) is 43.9 Å². The molecule has 7 heterocycles. The van der Waals surface area contributed by atoms with Gasteiger partial charge in [0.1, 0.15) is 26.8 Å². The van der Waals surface area contributed by atoms with Crippen molar-refractivity contribution in [3.05, 3.63) is 67.1 Å². The number of nitrogens with one attached hydrogen (secondary N) is 2. The van der Waals surface area contributed by atoms with Gasteiger partial charge in [0.15, 0.2) is 0 Å². The Bertz CT molecular complexity index is 7570. The number of hydrogen-bond acceptors (Lipinski definition) is 16. The van der Waals surface area contributed by atoms with E-state index in [2.05, 4.69) is 43.5 Å². The number of alkyl halides is 10. The predicted molar refractivity (Wildman–Crippen MR) is 715 cm³/mol. The van der Waals surface area contributed by atoms with E-state index < -0.39 is 74.8 Å². The monoisotopic (exact) mass is 3210 g/mol. The van der Waals surface area contributed by atoms with Crippen molar-refractivity contribution in [1.82, 2.24) is 40.6 Å². The van der Waals surface area contributed by atoms with Crippen LogP contribution < -0.4 is 10.6 Å². The number of thiophene rings is 2. The Morgan fingerprint density at radius 2 is 0.777 bits per heavy atom. The van der Waals surface area contributed by atoms with Gasteiger partial charge in [-0.15, -0.1) is 32.9 Å². The maximum absolute atomic E-state index is 13.6. The van der Waals surface area contributed by atoms with Gasteiger partial charge in [0.05, 0.1) is 42.7 Å². The molecule has 5 atom stereocenters. The summed E-state index contributed by atoms with van der Waals surface area (Å²) in [6.45, 7) is 0.0816. The average molecular weight is 3220 g/mol. The maximum Gasteiger partial charge on any atom is 0.425 e. The van der Waals surface area contributed by atoms with Crippen LogP contribution in [-0.2, 0) is 646 Å². The number of thiocarbonyl (C=S) groups is 1. The van der Waals surface area contributed by atoms with E-state index in [1.54, 1.807) is 136 Å². The molecule has 0 amide bonds. The van der Waals surface area contributed by atoms with Crippen LogP contribution in [0, 0.1) is 0 Å². The second kappa shape index (κ2) is 95.2. The fraction of sp³-hybridized carbons (Fsp3) is 0.611. The molecule has 0 bridgehead atoms. The van der Waals surface area contributed by atoms with Crippen molar-refractivity contribution in [2.45, 2.75) is 108 Å². The second-order valence-corrected chi connectivity index (χ2v) is 135. The van der Waals surface area contributed by atoms with Crippen LogP contribution >= 0.6 is 57.5 Å². The average Bonchev–Trinajstić information content (AvgIpc) is 1.58. The van der Waals surface area contributed by atoms with Gasteiger partial charge in [-0.2, -0.15) is 34.8 Å². The number of aromatic nitrogens is 6. The van der Waals surface area contributed by atoms with Crippen molar-refractivity contribution < 1.29 is 71.5 Å². The SMILES string of the molecule is C.C.CS(=O)(=O)O.Cn1cc(C2CC(=O)CC(C(F)F)N2)nn1.Cn1cc(C2CC3(CC(C(F)F)N2)OCCc2cc(C(F)(F)F)sc23)nn1.OCCc1csc(C(F)(F)F)c1.S=CI.S=S=S=S=S=S=S=S=S=S=S=S=S=S=S=S=S=S=S=S=S=S=S=S=S=S=S=S=S=S=S=S=S=S=S=S=S=S=S=S=S=S=S=S=S=S=S=S=S=S=S=S=S=S=S=S=S=S=S=S=S=S=S=S=S. The van der Waals surface area contributed by atoms with Gasteiger partial charge in [-0.05, 0) is 64.1 Å². The molecule has 2 fully saturated rings. The number of piperidine rings is 2. The lowest BCUT2D eigenvalue weighted by molar-refractivity contribution is -0.135. The molecule has 4 aromatic heterocycles. The van der Waals surface area contributed by atoms with Gasteiger partial charge in [-0.25, -0.2) is 17.6 Å². The number of Topliss-reactive ketones (excluding diaryl/α,β-unsaturated/α-hetero) is 1. The molecule has 1 spiro atoms. The summed E-state index contributed by atoms with van der Waals surface area (Å²) in [6.07, 6.45) is -9.16. The van der Waals surface area contributed by atoms with Gasteiger partial charge in [0.2, 0.25) is 0 Å². The zero-order chi connectivity index (χ0) is 94.0. The molecule has 130 heavy (non-hydrogen) atoms. The fourth-order valence-corrected chi connectivity index (χ4v) is 177. The standard InChI is InChI=1S/C16H17F5N4OS.C9H12F2N4O.C7H7F3OS.CHIS.CH4O3S.2CH4.S65/c1-25-7-11(23-24-25)9-5-15(6-10(22-9)14(17)18)13-8(2-3-26-15)4-12(27-13)16(19,20)21;1-15-4-8(13-14-15)6-2-5(16)3-7(12-6)9(10)11;8-7(9,10)6-3-5(1-2-11)4-12-6;2-1-3;1-5(2,3)4;;;1-3-5-7-9-11-13-15-17-19-21-23-25-27-29-31-33-35-37-39-41-43-45-47-49-51-53-55-57-59-61-63-65-64-62-60-58-56-54-52-50-48-46-44-42-40-38-36-34-32-30-28-26-24-22-20-18-16-14-12-10-8-6-4-2/h4,7,9-10,14,22H,2-3,5-6H2,1H3;4,6-7,9,12H,2-3H2,1H3;3-4,11H,1-2H2;1H;1H3,(H,2,3,4);2*1H4;. The lowest BCUT2D eigenvalue weighted by Gasteiger charge is -2.46. The van der Waals surface area contributed by atoms with Crippen molar-refractivity contribution >= 4 is 659 Å². The van der Waals surface area contributed by atoms with Gasteiger partial charge < -0.3 is 15.2 Å². The first-order valence-electron chi connectivity index (χ1n) is 28.7. The highest BCUT2D eigenvalue weighted by Gasteiger charge is 2.51. The lowest BCUT2D eigenvalue weighted by Crippen LogP contribution is -2.53. The van der Waals surface area contributed by atoms with E-state index in [-0.39, 0.29) is 66.0 Å². The van der Waals surface area contributed by atoms with Crippen LogP contribution in [0.25, 0.3) is 0 Å².